The van der Waals surface area contributed by atoms with E-state index in [1.54, 1.807) is 11.3 Å². The molecule has 2 rings (SSSR count). The lowest BCUT2D eigenvalue weighted by atomic mass is 10.2. The van der Waals surface area contributed by atoms with Crippen molar-refractivity contribution in [2.45, 2.75) is 45.4 Å². The molecule has 1 fully saturated rings. The largest absolute Gasteiger partial charge is 0.480 e. The average molecular weight is 284 g/mol. The molecule has 0 radical (unpaired) electrons. The molecule has 19 heavy (non-hydrogen) atoms. The molecule has 0 saturated carbocycles. The first kappa shape index (κ1) is 14.4. The van der Waals surface area contributed by atoms with Crippen molar-refractivity contribution in [2.75, 3.05) is 13.2 Å². The summed E-state index contributed by atoms with van der Waals surface area (Å²) >= 11 is 1.58. The fraction of sp³-hybridized carbons (Fsp3) is 0.692. The van der Waals surface area contributed by atoms with E-state index in [-0.39, 0.29) is 12.1 Å². The minimum absolute atomic E-state index is 0.0117. The minimum Gasteiger partial charge on any atom is -0.480 e. The molecule has 1 aliphatic rings. The topological polar surface area (TPSA) is 62.7 Å². The molecule has 1 saturated heterocycles. The molecule has 0 aliphatic carbocycles. The molecule has 0 bridgehead atoms. The van der Waals surface area contributed by atoms with Crippen LogP contribution in [-0.4, -0.2) is 40.2 Å². The Kier molecular flexibility index (Phi) is 4.90. The highest BCUT2D eigenvalue weighted by Gasteiger charge is 2.30. The van der Waals surface area contributed by atoms with Gasteiger partial charge < -0.3 is 9.84 Å². The predicted molar refractivity (Wildman–Crippen MR) is 73.2 cm³/mol. The number of aromatic nitrogens is 1. The van der Waals surface area contributed by atoms with Crippen molar-refractivity contribution >= 4 is 17.3 Å². The molecule has 1 aromatic rings. The molecule has 0 amide bonds. The van der Waals surface area contributed by atoms with E-state index in [1.165, 1.54) is 0 Å². The van der Waals surface area contributed by atoms with Gasteiger partial charge in [0.2, 0.25) is 0 Å². The second-order valence-corrected chi connectivity index (χ2v) is 5.63. The highest BCUT2D eigenvalue weighted by atomic mass is 32.1. The molecular weight excluding hydrogens is 264 g/mol. The SMILES string of the molecule is CCOC(C)c1nc(CN2CCC[C@@H]2C(=O)O)cs1. The van der Waals surface area contributed by atoms with E-state index in [0.29, 0.717) is 13.2 Å². The summed E-state index contributed by atoms with van der Waals surface area (Å²) in [4.78, 5) is 17.7. The molecular formula is C13H20N2O3S. The summed E-state index contributed by atoms with van der Waals surface area (Å²) in [5.41, 5.74) is 0.944. The number of ether oxygens (including phenoxy) is 1. The molecule has 5 nitrogen and oxygen atoms in total. The third-order valence-corrected chi connectivity index (χ3v) is 4.40. The van der Waals surface area contributed by atoms with E-state index in [4.69, 9.17) is 9.84 Å². The number of rotatable bonds is 6. The standard InChI is InChI=1S/C13H20N2O3S/c1-3-18-9(2)12-14-10(8-19-12)7-15-6-4-5-11(15)13(16)17/h8-9,11H,3-7H2,1-2H3,(H,16,17)/t9?,11-/m1/s1. The number of hydrogen-bond acceptors (Lipinski definition) is 5. The first-order valence-corrected chi connectivity index (χ1v) is 7.52. The first-order valence-electron chi connectivity index (χ1n) is 6.64. The van der Waals surface area contributed by atoms with Crippen LogP contribution in [0.15, 0.2) is 5.38 Å². The van der Waals surface area contributed by atoms with Crippen molar-refractivity contribution in [2.24, 2.45) is 0 Å². The second kappa shape index (κ2) is 6.45. The molecule has 2 atom stereocenters. The van der Waals surface area contributed by atoms with Crippen LogP contribution in [0.3, 0.4) is 0 Å². The van der Waals surface area contributed by atoms with Crippen molar-refractivity contribution in [1.29, 1.82) is 0 Å². The maximum atomic E-state index is 11.1. The molecule has 1 aromatic heterocycles. The van der Waals surface area contributed by atoms with E-state index < -0.39 is 5.97 Å². The zero-order valence-electron chi connectivity index (χ0n) is 11.3. The molecule has 0 aromatic carbocycles. The van der Waals surface area contributed by atoms with Gasteiger partial charge in [0.1, 0.15) is 17.2 Å². The molecule has 0 spiro atoms. The smallest absolute Gasteiger partial charge is 0.320 e. The van der Waals surface area contributed by atoms with Gasteiger partial charge in [-0.05, 0) is 33.2 Å². The van der Waals surface area contributed by atoms with Crippen molar-refractivity contribution in [3.8, 4) is 0 Å². The zero-order chi connectivity index (χ0) is 13.8. The maximum absolute atomic E-state index is 11.1. The van der Waals surface area contributed by atoms with Gasteiger partial charge in [-0.3, -0.25) is 9.69 Å². The van der Waals surface area contributed by atoms with Crippen LogP contribution in [0.25, 0.3) is 0 Å². The minimum atomic E-state index is -0.726. The summed E-state index contributed by atoms with van der Waals surface area (Å²) in [6.07, 6.45) is 1.70. The van der Waals surface area contributed by atoms with Crippen LogP contribution < -0.4 is 0 Å². The number of hydrogen-bond donors (Lipinski definition) is 1. The number of likely N-dealkylation sites (tertiary alicyclic amines) is 1. The Labute approximate surface area is 117 Å². The van der Waals surface area contributed by atoms with Crippen molar-refractivity contribution in [3.63, 3.8) is 0 Å². The van der Waals surface area contributed by atoms with E-state index >= 15 is 0 Å². The van der Waals surface area contributed by atoms with Gasteiger partial charge in [0, 0.05) is 18.5 Å². The first-order chi connectivity index (χ1) is 9.11. The van der Waals surface area contributed by atoms with Crippen molar-refractivity contribution < 1.29 is 14.6 Å². The summed E-state index contributed by atoms with van der Waals surface area (Å²) in [7, 11) is 0. The zero-order valence-corrected chi connectivity index (χ0v) is 12.2. The molecule has 1 aliphatic heterocycles. The molecule has 1 unspecified atom stereocenters. The maximum Gasteiger partial charge on any atom is 0.320 e. The number of carbonyl (C=O) groups is 1. The third kappa shape index (κ3) is 3.52. The van der Waals surface area contributed by atoms with E-state index in [9.17, 15) is 4.79 Å². The van der Waals surface area contributed by atoms with Crippen LogP contribution in [0.2, 0.25) is 0 Å². The van der Waals surface area contributed by atoms with Crippen LogP contribution in [0.4, 0.5) is 0 Å². The van der Waals surface area contributed by atoms with E-state index in [2.05, 4.69) is 4.98 Å². The normalized spacial score (nSPS) is 21.7. The lowest BCUT2D eigenvalue weighted by molar-refractivity contribution is -0.142. The summed E-state index contributed by atoms with van der Waals surface area (Å²) in [5, 5.41) is 12.1. The number of thiazole rings is 1. The third-order valence-electron chi connectivity index (χ3n) is 3.35. The fourth-order valence-corrected chi connectivity index (χ4v) is 3.22. The molecule has 6 heteroatoms. The number of nitrogens with zero attached hydrogens (tertiary/aromatic N) is 2. The number of carboxylic acid groups (broad SMARTS) is 1. The van der Waals surface area contributed by atoms with Crippen LogP contribution in [0, 0.1) is 0 Å². The summed E-state index contributed by atoms with van der Waals surface area (Å²) in [5.74, 6) is -0.726. The molecule has 2 heterocycles. The van der Waals surface area contributed by atoms with Gasteiger partial charge in [-0.15, -0.1) is 11.3 Å². The predicted octanol–water partition coefficient (Wildman–Crippen LogP) is 2.29. The quantitative estimate of drug-likeness (QED) is 0.868. The van der Waals surface area contributed by atoms with Crippen LogP contribution in [0.5, 0.6) is 0 Å². The van der Waals surface area contributed by atoms with Crippen molar-refractivity contribution in [3.05, 3.63) is 16.1 Å². The van der Waals surface area contributed by atoms with Crippen LogP contribution >= 0.6 is 11.3 Å². The number of carboxylic acids is 1. The Morgan fingerprint density at radius 1 is 1.74 bits per heavy atom. The Morgan fingerprint density at radius 2 is 2.53 bits per heavy atom. The highest BCUT2D eigenvalue weighted by molar-refractivity contribution is 7.09. The Bertz CT molecular complexity index is 435. The monoisotopic (exact) mass is 284 g/mol. The Morgan fingerprint density at radius 3 is 3.21 bits per heavy atom. The fourth-order valence-electron chi connectivity index (χ4n) is 2.41. The van der Waals surface area contributed by atoms with Crippen molar-refractivity contribution in [1.82, 2.24) is 9.88 Å². The lowest BCUT2D eigenvalue weighted by Gasteiger charge is -2.19. The van der Waals surface area contributed by atoms with Gasteiger partial charge in [0.05, 0.1) is 5.69 Å². The second-order valence-electron chi connectivity index (χ2n) is 4.74. The van der Waals surface area contributed by atoms with Gasteiger partial charge in [0.15, 0.2) is 0 Å². The van der Waals surface area contributed by atoms with Gasteiger partial charge in [-0.2, -0.15) is 0 Å². The van der Waals surface area contributed by atoms with E-state index in [0.717, 1.165) is 30.1 Å². The Hall–Kier alpha value is -0.980. The summed E-state index contributed by atoms with van der Waals surface area (Å²) in [6.45, 7) is 6.08. The molecule has 1 N–H and O–H groups in total. The average Bonchev–Trinajstić information content (AvgIpc) is 2.99. The van der Waals surface area contributed by atoms with Crippen LogP contribution in [-0.2, 0) is 16.1 Å². The summed E-state index contributed by atoms with van der Waals surface area (Å²) < 4.78 is 5.51. The van der Waals surface area contributed by atoms with Gasteiger partial charge in [-0.25, -0.2) is 4.98 Å². The molecule has 106 valence electrons. The lowest BCUT2D eigenvalue weighted by Crippen LogP contribution is -2.35. The Balaban J connectivity index is 1.98. The van der Waals surface area contributed by atoms with Gasteiger partial charge in [-0.1, -0.05) is 0 Å². The number of aliphatic carboxylic acids is 1. The summed E-state index contributed by atoms with van der Waals surface area (Å²) in [6, 6.07) is -0.352. The highest BCUT2D eigenvalue weighted by Crippen LogP contribution is 2.24. The van der Waals surface area contributed by atoms with Gasteiger partial charge >= 0.3 is 5.97 Å². The van der Waals surface area contributed by atoms with Crippen LogP contribution in [0.1, 0.15) is 43.5 Å². The van der Waals surface area contributed by atoms with E-state index in [1.807, 2.05) is 24.1 Å². The van der Waals surface area contributed by atoms with Gasteiger partial charge in [0.25, 0.3) is 0 Å².